The Morgan fingerprint density at radius 3 is 2.74 bits per heavy atom. The van der Waals surface area contributed by atoms with E-state index in [1.807, 2.05) is 12.1 Å². The topological polar surface area (TPSA) is 99.2 Å². The number of ether oxygens (including phenoxy) is 1. The summed E-state index contributed by atoms with van der Waals surface area (Å²) < 4.78 is 12.5. The standard InChI is InChI=1S/C22H26N6O3/c29-21-4-3-19(16-5-9-23-10-6-16)25-28(21)14-18-2-1-11-27(18)15-20-24-22(31-26-20)17-7-12-30-13-8-17/h3-6,9-10,17-18H,1-2,7-8,11-15H2. The van der Waals surface area contributed by atoms with Gasteiger partial charge in [-0.1, -0.05) is 5.16 Å². The van der Waals surface area contributed by atoms with Gasteiger partial charge in [0.1, 0.15) is 0 Å². The first-order chi connectivity index (χ1) is 15.3. The summed E-state index contributed by atoms with van der Waals surface area (Å²) in [6.45, 7) is 3.61. The minimum Gasteiger partial charge on any atom is -0.381 e. The molecule has 3 aromatic heterocycles. The van der Waals surface area contributed by atoms with E-state index in [1.165, 1.54) is 0 Å². The van der Waals surface area contributed by atoms with Crippen LogP contribution in [0.15, 0.2) is 46.0 Å². The van der Waals surface area contributed by atoms with Crippen LogP contribution in [0.1, 0.15) is 43.3 Å². The van der Waals surface area contributed by atoms with Gasteiger partial charge in [-0.25, -0.2) is 4.68 Å². The van der Waals surface area contributed by atoms with E-state index in [9.17, 15) is 4.79 Å². The molecular formula is C22H26N6O3. The summed E-state index contributed by atoms with van der Waals surface area (Å²) in [5.74, 6) is 1.72. The van der Waals surface area contributed by atoms with Gasteiger partial charge in [-0.15, -0.1) is 0 Å². The first-order valence-electron chi connectivity index (χ1n) is 10.9. The third-order valence-electron chi connectivity index (χ3n) is 6.12. The molecule has 0 saturated carbocycles. The van der Waals surface area contributed by atoms with Crippen molar-refractivity contribution in [2.75, 3.05) is 19.8 Å². The van der Waals surface area contributed by atoms with Crippen LogP contribution in [0.5, 0.6) is 0 Å². The molecule has 9 nitrogen and oxygen atoms in total. The van der Waals surface area contributed by atoms with Gasteiger partial charge in [0.05, 0.1) is 18.8 Å². The van der Waals surface area contributed by atoms with E-state index in [2.05, 4.69) is 25.1 Å². The second kappa shape index (κ2) is 9.07. The lowest BCUT2D eigenvalue weighted by Gasteiger charge is -2.23. The zero-order valence-corrected chi connectivity index (χ0v) is 17.4. The molecule has 0 amide bonds. The molecule has 0 bridgehead atoms. The highest BCUT2D eigenvalue weighted by molar-refractivity contribution is 5.56. The molecule has 2 saturated heterocycles. The maximum absolute atomic E-state index is 12.5. The van der Waals surface area contributed by atoms with Gasteiger partial charge < -0.3 is 9.26 Å². The number of aromatic nitrogens is 5. The van der Waals surface area contributed by atoms with Crippen LogP contribution < -0.4 is 5.56 Å². The average Bonchev–Trinajstić information content (AvgIpc) is 3.46. The Bertz CT molecular complexity index is 1060. The third-order valence-corrected chi connectivity index (χ3v) is 6.12. The maximum Gasteiger partial charge on any atom is 0.266 e. The van der Waals surface area contributed by atoms with Crippen LogP contribution in [-0.4, -0.2) is 55.6 Å². The molecule has 1 atom stereocenters. The molecule has 162 valence electrons. The van der Waals surface area contributed by atoms with Crippen molar-refractivity contribution in [2.24, 2.45) is 0 Å². The van der Waals surface area contributed by atoms with Crippen LogP contribution in [-0.2, 0) is 17.8 Å². The van der Waals surface area contributed by atoms with Crippen molar-refractivity contribution in [1.29, 1.82) is 0 Å². The fraction of sp³-hybridized carbons (Fsp3) is 0.500. The van der Waals surface area contributed by atoms with Gasteiger partial charge in [0.15, 0.2) is 5.82 Å². The van der Waals surface area contributed by atoms with Gasteiger partial charge in [0.25, 0.3) is 5.56 Å². The number of hydrogen-bond acceptors (Lipinski definition) is 8. The van der Waals surface area contributed by atoms with Crippen LogP contribution in [0.4, 0.5) is 0 Å². The van der Waals surface area contributed by atoms with Crippen LogP contribution in [0.3, 0.4) is 0 Å². The smallest absolute Gasteiger partial charge is 0.266 e. The second-order valence-electron chi connectivity index (χ2n) is 8.18. The van der Waals surface area contributed by atoms with Crippen molar-refractivity contribution in [3.63, 3.8) is 0 Å². The lowest BCUT2D eigenvalue weighted by Crippen LogP contribution is -2.37. The third kappa shape index (κ3) is 4.57. The van der Waals surface area contributed by atoms with E-state index in [0.717, 1.165) is 62.6 Å². The number of rotatable bonds is 6. The number of nitrogens with zero attached hydrogens (tertiary/aromatic N) is 6. The van der Waals surface area contributed by atoms with E-state index in [0.29, 0.717) is 24.8 Å². The molecule has 1 unspecified atom stereocenters. The van der Waals surface area contributed by atoms with E-state index < -0.39 is 0 Å². The van der Waals surface area contributed by atoms with Crippen molar-refractivity contribution >= 4 is 0 Å². The van der Waals surface area contributed by atoms with Gasteiger partial charge in [-0.05, 0) is 50.4 Å². The van der Waals surface area contributed by atoms with Crippen molar-refractivity contribution in [1.82, 2.24) is 29.8 Å². The molecule has 0 spiro atoms. The Morgan fingerprint density at radius 1 is 1.06 bits per heavy atom. The van der Waals surface area contributed by atoms with Gasteiger partial charge in [-0.3, -0.25) is 14.7 Å². The lowest BCUT2D eigenvalue weighted by atomic mass is 10.0. The molecule has 0 aliphatic carbocycles. The molecule has 0 N–H and O–H groups in total. The Labute approximate surface area is 180 Å². The summed E-state index contributed by atoms with van der Waals surface area (Å²) in [7, 11) is 0. The van der Waals surface area contributed by atoms with Crippen LogP contribution >= 0.6 is 0 Å². The fourth-order valence-corrected chi connectivity index (χ4v) is 4.39. The molecule has 2 aliphatic heterocycles. The number of pyridine rings is 1. The highest BCUT2D eigenvalue weighted by Gasteiger charge is 2.28. The summed E-state index contributed by atoms with van der Waals surface area (Å²) in [5.41, 5.74) is 1.62. The average molecular weight is 422 g/mol. The normalized spacial score (nSPS) is 20.3. The van der Waals surface area contributed by atoms with Crippen molar-refractivity contribution in [3.05, 3.63) is 58.7 Å². The number of hydrogen-bond donors (Lipinski definition) is 0. The molecule has 0 radical (unpaired) electrons. The predicted octanol–water partition coefficient (Wildman–Crippen LogP) is 2.25. The SMILES string of the molecule is O=c1ccc(-c2ccncc2)nn1CC1CCCN1Cc1noc(C2CCOCC2)n1. The molecular weight excluding hydrogens is 396 g/mol. The summed E-state index contributed by atoms with van der Waals surface area (Å²) in [6, 6.07) is 7.35. The van der Waals surface area contributed by atoms with Crippen LogP contribution in [0, 0.1) is 0 Å². The van der Waals surface area contributed by atoms with Gasteiger partial charge >= 0.3 is 0 Å². The van der Waals surface area contributed by atoms with Crippen LogP contribution in [0.25, 0.3) is 11.3 Å². The molecule has 2 fully saturated rings. The van der Waals surface area contributed by atoms with Gasteiger partial charge in [0, 0.05) is 49.2 Å². The molecule has 9 heteroatoms. The van der Waals surface area contributed by atoms with E-state index in [-0.39, 0.29) is 11.6 Å². The van der Waals surface area contributed by atoms with Crippen molar-refractivity contribution in [3.8, 4) is 11.3 Å². The molecule has 0 aromatic carbocycles. The van der Waals surface area contributed by atoms with Crippen LogP contribution in [0.2, 0.25) is 0 Å². The number of likely N-dealkylation sites (tertiary alicyclic amines) is 1. The minimum absolute atomic E-state index is 0.0916. The van der Waals surface area contributed by atoms with Crippen molar-refractivity contribution < 1.29 is 9.26 Å². The van der Waals surface area contributed by atoms with Gasteiger partial charge in [0.2, 0.25) is 5.89 Å². The molecule has 2 aliphatic rings. The molecule has 31 heavy (non-hydrogen) atoms. The van der Waals surface area contributed by atoms with Gasteiger partial charge in [-0.2, -0.15) is 10.1 Å². The molecule has 3 aromatic rings. The van der Waals surface area contributed by atoms with Crippen molar-refractivity contribution in [2.45, 2.75) is 50.7 Å². The summed E-state index contributed by atoms with van der Waals surface area (Å²) in [4.78, 5) is 23.5. The zero-order chi connectivity index (χ0) is 21.0. The Balaban J connectivity index is 1.28. The first-order valence-corrected chi connectivity index (χ1v) is 10.9. The summed E-state index contributed by atoms with van der Waals surface area (Å²) in [5, 5.41) is 8.81. The summed E-state index contributed by atoms with van der Waals surface area (Å²) >= 11 is 0. The highest BCUT2D eigenvalue weighted by atomic mass is 16.5. The summed E-state index contributed by atoms with van der Waals surface area (Å²) in [6.07, 6.45) is 7.40. The highest BCUT2D eigenvalue weighted by Crippen LogP contribution is 2.26. The minimum atomic E-state index is -0.0916. The monoisotopic (exact) mass is 422 g/mol. The van der Waals surface area contributed by atoms with E-state index >= 15 is 0 Å². The molecule has 5 heterocycles. The zero-order valence-electron chi connectivity index (χ0n) is 17.4. The molecule has 5 rings (SSSR count). The lowest BCUT2D eigenvalue weighted by molar-refractivity contribution is 0.0778. The Hall–Kier alpha value is -2.91. The van der Waals surface area contributed by atoms with E-state index in [1.54, 1.807) is 29.2 Å². The second-order valence-corrected chi connectivity index (χ2v) is 8.18. The largest absolute Gasteiger partial charge is 0.381 e. The quantitative estimate of drug-likeness (QED) is 0.596. The maximum atomic E-state index is 12.5. The van der Waals surface area contributed by atoms with E-state index in [4.69, 9.17) is 9.26 Å². The first kappa shape index (κ1) is 20.0. The predicted molar refractivity (Wildman–Crippen MR) is 112 cm³/mol. The fourth-order valence-electron chi connectivity index (χ4n) is 4.39. The Morgan fingerprint density at radius 2 is 1.90 bits per heavy atom. The Kier molecular flexibility index (Phi) is 5.86.